The van der Waals surface area contributed by atoms with Crippen molar-refractivity contribution in [3.05, 3.63) is 42.0 Å². The molecule has 1 heterocycles. The number of allylic oxidation sites excluding steroid dienone is 2. The van der Waals surface area contributed by atoms with Gasteiger partial charge in [0.1, 0.15) is 0 Å². The number of carboxylic acid groups (broad SMARTS) is 1. The number of benzene rings is 1. The van der Waals surface area contributed by atoms with Crippen LogP contribution in [0.4, 0.5) is 5.69 Å². The van der Waals surface area contributed by atoms with E-state index in [1.165, 1.54) is 0 Å². The Kier molecular flexibility index (Phi) is 5.16. The molecule has 0 unspecified atom stereocenters. The van der Waals surface area contributed by atoms with Crippen LogP contribution in [0, 0.1) is 11.8 Å². The lowest BCUT2D eigenvalue weighted by atomic mass is 9.82. The van der Waals surface area contributed by atoms with E-state index in [1.807, 2.05) is 11.0 Å². The van der Waals surface area contributed by atoms with E-state index >= 15 is 0 Å². The van der Waals surface area contributed by atoms with Crippen molar-refractivity contribution in [3.63, 3.8) is 0 Å². The number of nitrogens with one attached hydrogen (secondary N) is 1. The van der Waals surface area contributed by atoms with Gasteiger partial charge in [-0.2, -0.15) is 0 Å². The summed E-state index contributed by atoms with van der Waals surface area (Å²) in [6.07, 6.45) is 6.54. The fourth-order valence-corrected chi connectivity index (χ4v) is 3.41. The normalized spacial score (nSPS) is 22.6. The number of carboxylic acids is 1. The number of carbonyl (C=O) groups excluding carboxylic acids is 2. The van der Waals surface area contributed by atoms with E-state index in [-0.39, 0.29) is 11.8 Å². The summed E-state index contributed by atoms with van der Waals surface area (Å²) >= 11 is 0. The van der Waals surface area contributed by atoms with Crippen molar-refractivity contribution in [3.8, 4) is 0 Å². The predicted octanol–water partition coefficient (Wildman–Crippen LogP) is 2.53. The second-order valence-electron chi connectivity index (χ2n) is 6.56. The first kappa shape index (κ1) is 17.2. The molecule has 2 aliphatic rings. The predicted molar refractivity (Wildman–Crippen MR) is 93.2 cm³/mol. The molecule has 1 aliphatic heterocycles. The lowest BCUT2D eigenvalue weighted by molar-refractivity contribution is -0.146. The number of aliphatic carboxylic acids is 1. The molecule has 132 valence electrons. The number of rotatable bonds is 4. The SMILES string of the molecule is O=C(O)[C@@H]1CC=CC[C@H]1C(=O)Nc1ccc(C(=O)N2CCCC2)cc1. The van der Waals surface area contributed by atoms with Crippen molar-refractivity contribution in [2.24, 2.45) is 11.8 Å². The zero-order valence-electron chi connectivity index (χ0n) is 14.0. The second-order valence-corrected chi connectivity index (χ2v) is 6.56. The van der Waals surface area contributed by atoms with E-state index in [9.17, 15) is 19.5 Å². The molecule has 0 spiro atoms. The molecule has 1 aliphatic carbocycles. The molecule has 1 aromatic carbocycles. The van der Waals surface area contributed by atoms with Gasteiger partial charge in [0.05, 0.1) is 11.8 Å². The second kappa shape index (κ2) is 7.51. The summed E-state index contributed by atoms with van der Waals surface area (Å²) in [5.74, 6) is -2.50. The minimum atomic E-state index is -0.948. The van der Waals surface area contributed by atoms with Crippen LogP contribution in [-0.4, -0.2) is 40.9 Å². The van der Waals surface area contributed by atoms with Gasteiger partial charge < -0.3 is 15.3 Å². The average molecular weight is 342 g/mol. The van der Waals surface area contributed by atoms with Gasteiger partial charge in [0.25, 0.3) is 5.91 Å². The summed E-state index contributed by atoms with van der Waals surface area (Å²) in [6, 6.07) is 6.78. The van der Waals surface area contributed by atoms with Crippen LogP contribution in [0.3, 0.4) is 0 Å². The molecule has 1 saturated heterocycles. The minimum absolute atomic E-state index is 0.0127. The molecular formula is C19H22N2O4. The Bertz CT molecular complexity index is 690. The molecule has 0 saturated carbocycles. The molecule has 1 fully saturated rings. The first-order chi connectivity index (χ1) is 12.1. The van der Waals surface area contributed by atoms with Crippen molar-refractivity contribution in [1.82, 2.24) is 4.90 Å². The van der Waals surface area contributed by atoms with Crippen LogP contribution in [0.2, 0.25) is 0 Å². The fraction of sp³-hybridized carbons (Fsp3) is 0.421. The Hall–Kier alpha value is -2.63. The third-order valence-electron chi connectivity index (χ3n) is 4.88. The number of hydrogen-bond acceptors (Lipinski definition) is 3. The van der Waals surface area contributed by atoms with Crippen LogP contribution in [0.1, 0.15) is 36.0 Å². The van der Waals surface area contributed by atoms with E-state index in [0.717, 1.165) is 25.9 Å². The zero-order chi connectivity index (χ0) is 17.8. The molecule has 25 heavy (non-hydrogen) atoms. The largest absolute Gasteiger partial charge is 0.481 e. The summed E-state index contributed by atoms with van der Waals surface area (Å²) in [7, 11) is 0. The Balaban J connectivity index is 1.64. The van der Waals surface area contributed by atoms with Crippen molar-refractivity contribution in [1.29, 1.82) is 0 Å². The summed E-state index contributed by atoms with van der Waals surface area (Å²) in [6.45, 7) is 1.59. The first-order valence-corrected chi connectivity index (χ1v) is 8.64. The van der Waals surface area contributed by atoms with Gasteiger partial charge in [0, 0.05) is 24.3 Å². The summed E-state index contributed by atoms with van der Waals surface area (Å²) in [5.41, 5.74) is 1.17. The Labute approximate surface area is 146 Å². The average Bonchev–Trinajstić information content (AvgIpc) is 3.16. The molecule has 2 amide bonds. The smallest absolute Gasteiger partial charge is 0.307 e. The topological polar surface area (TPSA) is 86.7 Å². The maximum atomic E-state index is 12.4. The Morgan fingerprint density at radius 1 is 0.960 bits per heavy atom. The number of carbonyl (C=O) groups is 3. The van der Waals surface area contributed by atoms with E-state index in [0.29, 0.717) is 24.1 Å². The monoisotopic (exact) mass is 342 g/mol. The van der Waals surface area contributed by atoms with Gasteiger partial charge >= 0.3 is 5.97 Å². The molecule has 3 rings (SSSR count). The van der Waals surface area contributed by atoms with Crippen LogP contribution in [0.25, 0.3) is 0 Å². The highest BCUT2D eigenvalue weighted by Gasteiger charge is 2.34. The molecule has 6 heteroatoms. The molecule has 0 radical (unpaired) electrons. The zero-order valence-corrected chi connectivity index (χ0v) is 14.0. The molecule has 0 bridgehead atoms. The third kappa shape index (κ3) is 3.90. The Morgan fingerprint density at radius 2 is 1.56 bits per heavy atom. The number of nitrogens with zero attached hydrogens (tertiary/aromatic N) is 1. The molecular weight excluding hydrogens is 320 g/mol. The van der Waals surface area contributed by atoms with Crippen molar-refractivity contribution in [2.75, 3.05) is 18.4 Å². The number of likely N-dealkylation sites (tertiary alicyclic amines) is 1. The first-order valence-electron chi connectivity index (χ1n) is 8.64. The van der Waals surface area contributed by atoms with Crippen LogP contribution >= 0.6 is 0 Å². The number of anilines is 1. The van der Waals surface area contributed by atoms with Crippen LogP contribution < -0.4 is 5.32 Å². The molecule has 6 nitrogen and oxygen atoms in total. The van der Waals surface area contributed by atoms with Gasteiger partial charge in [-0.1, -0.05) is 12.2 Å². The summed E-state index contributed by atoms with van der Waals surface area (Å²) in [5, 5.41) is 12.0. The maximum absolute atomic E-state index is 12.4. The highest BCUT2D eigenvalue weighted by Crippen LogP contribution is 2.27. The van der Waals surface area contributed by atoms with Gasteiger partial charge in [0.2, 0.25) is 5.91 Å². The lowest BCUT2D eigenvalue weighted by Crippen LogP contribution is -2.34. The number of amides is 2. The van der Waals surface area contributed by atoms with Gasteiger partial charge in [0.15, 0.2) is 0 Å². The van der Waals surface area contributed by atoms with E-state index in [2.05, 4.69) is 5.32 Å². The molecule has 2 N–H and O–H groups in total. The maximum Gasteiger partial charge on any atom is 0.307 e. The van der Waals surface area contributed by atoms with Gasteiger partial charge in [-0.05, 0) is 49.9 Å². The van der Waals surface area contributed by atoms with E-state index in [4.69, 9.17) is 0 Å². The van der Waals surface area contributed by atoms with Gasteiger partial charge in [-0.25, -0.2) is 0 Å². The number of hydrogen-bond donors (Lipinski definition) is 2. The summed E-state index contributed by atoms with van der Waals surface area (Å²) < 4.78 is 0. The van der Waals surface area contributed by atoms with Crippen LogP contribution in [0.5, 0.6) is 0 Å². The van der Waals surface area contributed by atoms with Crippen molar-refractivity contribution >= 4 is 23.5 Å². The van der Waals surface area contributed by atoms with Crippen molar-refractivity contribution in [2.45, 2.75) is 25.7 Å². The Morgan fingerprint density at radius 3 is 2.16 bits per heavy atom. The fourth-order valence-electron chi connectivity index (χ4n) is 3.41. The third-order valence-corrected chi connectivity index (χ3v) is 4.88. The highest BCUT2D eigenvalue weighted by atomic mass is 16.4. The standard InChI is InChI=1S/C19H22N2O4/c22-17(15-5-1-2-6-16(15)19(24)25)20-14-9-7-13(8-10-14)18(23)21-11-3-4-12-21/h1-2,7-10,15-16H,3-6,11-12H2,(H,20,22)(H,24,25)/t15-,16-/m1/s1. The van der Waals surface area contributed by atoms with Crippen molar-refractivity contribution < 1.29 is 19.5 Å². The quantitative estimate of drug-likeness (QED) is 0.823. The van der Waals surface area contributed by atoms with E-state index in [1.54, 1.807) is 30.3 Å². The summed E-state index contributed by atoms with van der Waals surface area (Å²) in [4.78, 5) is 37.9. The van der Waals surface area contributed by atoms with Crippen LogP contribution in [0.15, 0.2) is 36.4 Å². The lowest BCUT2D eigenvalue weighted by Gasteiger charge is -2.24. The minimum Gasteiger partial charge on any atom is -0.481 e. The molecule has 1 aromatic rings. The molecule has 2 atom stereocenters. The van der Waals surface area contributed by atoms with Gasteiger partial charge in [-0.15, -0.1) is 0 Å². The van der Waals surface area contributed by atoms with Crippen LogP contribution in [-0.2, 0) is 9.59 Å². The van der Waals surface area contributed by atoms with Gasteiger partial charge in [-0.3, -0.25) is 14.4 Å². The highest BCUT2D eigenvalue weighted by molar-refractivity contribution is 5.97. The molecule has 0 aromatic heterocycles. The van der Waals surface area contributed by atoms with E-state index < -0.39 is 17.8 Å².